The molecular formula is C14H13N3OS. The largest absolute Gasteiger partial charge is 0.399 e. The molecule has 0 unspecified atom stereocenters. The average molecular weight is 271 g/mol. The molecule has 0 spiro atoms. The number of nitrogens with zero attached hydrogens (tertiary/aromatic N) is 2. The Hall–Kier alpha value is -2.14. The van der Waals surface area contributed by atoms with Crippen molar-refractivity contribution in [1.29, 1.82) is 0 Å². The maximum atomic E-state index is 12.2. The van der Waals surface area contributed by atoms with E-state index in [2.05, 4.69) is 4.98 Å². The number of benzene rings is 1. The summed E-state index contributed by atoms with van der Waals surface area (Å²) < 4.78 is 1.64. The topological polar surface area (TPSA) is 60.9 Å². The van der Waals surface area contributed by atoms with Gasteiger partial charge in [-0.05, 0) is 29.5 Å². The van der Waals surface area contributed by atoms with Crippen molar-refractivity contribution in [2.45, 2.75) is 13.0 Å². The summed E-state index contributed by atoms with van der Waals surface area (Å²) >= 11 is 1.48. The summed E-state index contributed by atoms with van der Waals surface area (Å²) in [6, 6.07) is 9.54. The van der Waals surface area contributed by atoms with Crippen LogP contribution in [0.4, 0.5) is 5.69 Å². The molecule has 0 aliphatic rings. The zero-order chi connectivity index (χ0) is 13.2. The molecule has 1 aromatic carbocycles. The Morgan fingerprint density at radius 1 is 1.26 bits per heavy atom. The van der Waals surface area contributed by atoms with Crippen LogP contribution in [0.5, 0.6) is 0 Å². The molecule has 0 saturated heterocycles. The standard InChI is InChI=1S/C14H13N3OS/c15-12-4-2-1-3-10(12)5-7-17-9-16-13-11(14(17)18)6-8-19-13/h1-4,6,8-9H,5,7,15H2. The van der Waals surface area contributed by atoms with E-state index in [1.54, 1.807) is 10.9 Å². The molecule has 0 radical (unpaired) electrons. The molecule has 0 aliphatic heterocycles. The molecular weight excluding hydrogens is 258 g/mol. The Balaban J connectivity index is 1.88. The van der Waals surface area contributed by atoms with Gasteiger partial charge in [0.05, 0.1) is 11.7 Å². The van der Waals surface area contributed by atoms with Crippen LogP contribution in [0.15, 0.2) is 46.8 Å². The third-order valence-electron chi connectivity index (χ3n) is 3.13. The predicted molar refractivity (Wildman–Crippen MR) is 78.4 cm³/mol. The Labute approximate surface area is 114 Å². The van der Waals surface area contributed by atoms with E-state index in [4.69, 9.17) is 5.73 Å². The Morgan fingerprint density at radius 3 is 2.95 bits per heavy atom. The first kappa shape index (κ1) is 11.9. The van der Waals surface area contributed by atoms with Gasteiger partial charge in [0.25, 0.3) is 5.56 Å². The average Bonchev–Trinajstić information content (AvgIpc) is 2.89. The van der Waals surface area contributed by atoms with Crippen LogP contribution in [0.3, 0.4) is 0 Å². The fourth-order valence-electron chi connectivity index (χ4n) is 2.06. The quantitative estimate of drug-likeness (QED) is 0.743. The maximum Gasteiger partial charge on any atom is 0.262 e. The zero-order valence-corrected chi connectivity index (χ0v) is 11.1. The minimum Gasteiger partial charge on any atom is -0.399 e. The molecule has 0 amide bonds. The number of rotatable bonds is 3. The van der Waals surface area contributed by atoms with Crippen LogP contribution in [0.2, 0.25) is 0 Å². The van der Waals surface area contributed by atoms with Crippen LogP contribution in [0.1, 0.15) is 5.56 Å². The number of nitrogen functional groups attached to an aromatic ring is 1. The first-order valence-electron chi connectivity index (χ1n) is 6.02. The lowest BCUT2D eigenvalue weighted by molar-refractivity contribution is 0.664. The van der Waals surface area contributed by atoms with Gasteiger partial charge in [-0.15, -0.1) is 11.3 Å². The minimum atomic E-state index is 0.0146. The molecule has 0 saturated carbocycles. The van der Waals surface area contributed by atoms with Crippen LogP contribution in [0.25, 0.3) is 10.2 Å². The summed E-state index contributed by atoms with van der Waals surface area (Å²) in [7, 11) is 0. The number of thiophene rings is 1. The van der Waals surface area contributed by atoms with Crippen molar-refractivity contribution in [2.75, 3.05) is 5.73 Å². The first-order chi connectivity index (χ1) is 9.25. The van der Waals surface area contributed by atoms with E-state index in [9.17, 15) is 4.79 Å². The van der Waals surface area contributed by atoms with E-state index >= 15 is 0 Å². The lowest BCUT2D eigenvalue weighted by Gasteiger charge is -2.07. The summed E-state index contributed by atoms with van der Waals surface area (Å²) in [6.45, 7) is 0.589. The van der Waals surface area contributed by atoms with Crippen LogP contribution in [-0.2, 0) is 13.0 Å². The van der Waals surface area contributed by atoms with Gasteiger partial charge in [-0.2, -0.15) is 0 Å². The number of para-hydroxylation sites is 1. The molecule has 2 aromatic heterocycles. The lowest BCUT2D eigenvalue weighted by atomic mass is 10.1. The molecule has 0 aliphatic carbocycles. The molecule has 5 heteroatoms. The monoisotopic (exact) mass is 271 g/mol. The number of hydrogen-bond donors (Lipinski definition) is 1. The van der Waals surface area contributed by atoms with Crippen molar-refractivity contribution in [3.8, 4) is 0 Å². The summed E-state index contributed by atoms with van der Waals surface area (Å²) in [5.74, 6) is 0. The third-order valence-corrected chi connectivity index (χ3v) is 3.95. The van der Waals surface area contributed by atoms with E-state index in [1.165, 1.54) is 11.3 Å². The van der Waals surface area contributed by atoms with Crippen molar-refractivity contribution in [2.24, 2.45) is 0 Å². The third kappa shape index (κ3) is 2.24. The summed E-state index contributed by atoms with van der Waals surface area (Å²) in [4.78, 5) is 17.3. The number of hydrogen-bond acceptors (Lipinski definition) is 4. The second-order valence-electron chi connectivity index (χ2n) is 4.33. The maximum absolute atomic E-state index is 12.2. The molecule has 0 atom stereocenters. The van der Waals surface area contributed by atoms with Gasteiger partial charge in [-0.25, -0.2) is 4.98 Å². The van der Waals surface area contributed by atoms with Crippen LogP contribution < -0.4 is 11.3 Å². The van der Waals surface area contributed by atoms with Gasteiger partial charge in [0.15, 0.2) is 0 Å². The molecule has 3 rings (SSSR count). The molecule has 4 nitrogen and oxygen atoms in total. The second kappa shape index (κ2) is 4.85. The molecule has 2 N–H and O–H groups in total. The fourth-order valence-corrected chi connectivity index (χ4v) is 2.78. The van der Waals surface area contributed by atoms with E-state index in [1.807, 2.05) is 35.7 Å². The highest BCUT2D eigenvalue weighted by atomic mass is 32.1. The molecule has 96 valence electrons. The number of anilines is 1. The summed E-state index contributed by atoms with van der Waals surface area (Å²) in [6.07, 6.45) is 2.34. The minimum absolute atomic E-state index is 0.0146. The fraction of sp³-hybridized carbons (Fsp3) is 0.143. The predicted octanol–water partition coefficient (Wildman–Crippen LogP) is 2.28. The summed E-state index contributed by atoms with van der Waals surface area (Å²) in [5.41, 5.74) is 7.73. The van der Waals surface area contributed by atoms with E-state index in [-0.39, 0.29) is 5.56 Å². The molecule has 3 aromatic rings. The van der Waals surface area contributed by atoms with Gasteiger partial charge in [0.2, 0.25) is 0 Å². The SMILES string of the molecule is Nc1ccccc1CCn1cnc2sccc2c1=O. The highest BCUT2D eigenvalue weighted by Crippen LogP contribution is 2.14. The van der Waals surface area contributed by atoms with Gasteiger partial charge >= 0.3 is 0 Å². The summed E-state index contributed by atoms with van der Waals surface area (Å²) in [5, 5.41) is 2.58. The van der Waals surface area contributed by atoms with Crippen LogP contribution in [0, 0.1) is 0 Å². The van der Waals surface area contributed by atoms with Gasteiger partial charge in [-0.3, -0.25) is 9.36 Å². The highest BCUT2D eigenvalue weighted by Gasteiger charge is 2.05. The Bertz CT molecular complexity index is 775. The van der Waals surface area contributed by atoms with Crippen molar-refractivity contribution in [3.63, 3.8) is 0 Å². The van der Waals surface area contributed by atoms with Crippen molar-refractivity contribution in [3.05, 3.63) is 58.0 Å². The number of nitrogens with two attached hydrogens (primary N) is 1. The zero-order valence-electron chi connectivity index (χ0n) is 10.2. The van der Waals surface area contributed by atoms with Crippen molar-refractivity contribution < 1.29 is 0 Å². The Kier molecular flexibility index (Phi) is 3.05. The molecule has 0 fully saturated rings. The van der Waals surface area contributed by atoms with Crippen LogP contribution in [-0.4, -0.2) is 9.55 Å². The van der Waals surface area contributed by atoms with E-state index < -0.39 is 0 Å². The van der Waals surface area contributed by atoms with Gasteiger partial charge in [-0.1, -0.05) is 18.2 Å². The molecule has 19 heavy (non-hydrogen) atoms. The normalized spacial score (nSPS) is 10.9. The van der Waals surface area contributed by atoms with Gasteiger partial charge in [0.1, 0.15) is 4.83 Å². The van der Waals surface area contributed by atoms with Gasteiger partial charge in [0, 0.05) is 12.2 Å². The Morgan fingerprint density at radius 2 is 2.11 bits per heavy atom. The highest BCUT2D eigenvalue weighted by molar-refractivity contribution is 7.16. The molecule has 2 heterocycles. The van der Waals surface area contributed by atoms with Crippen molar-refractivity contribution >= 4 is 27.2 Å². The first-order valence-corrected chi connectivity index (χ1v) is 6.90. The van der Waals surface area contributed by atoms with Crippen molar-refractivity contribution in [1.82, 2.24) is 9.55 Å². The molecule has 0 bridgehead atoms. The lowest BCUT2D eigenvalue weighted by Crippen LogP contribution is -2.21. The number of aryl methyl sites for hydroxylation is 2. The van der Waals surface area contributed by atoms with Gasteiger partial charge < -0.3 is 5.73 Å². The van der Waals surface area contributed by atoms with E-state index in [0.29, 0.717) is 11.9 Å². The second-order valence-corrected chi connectivity index (χ2v) is 5.23. The number of fused-ring (bicyclic) bond motifs is 1. The van der Waals surface area contributed by atoms with E-state index in [0.717, 1.165) is 22.5 Å². The van der Waals surface area contributed by atoms with Crippen LogP contribution >= 0.6 is 11.3 Å². The number of aromatic nitrogens is 2. The smallest absolute Gasteiger partial charge is 0.262 e.